The molecule has 5 heteroatoms. The van der Waals surface area contributed by atoms with Crippen molar-refractivity contribution in [1.82, 2.24) is 4.31 Å². The van der Waals surface area contributed by atoms with Gasteiger partial charge in [0, 0.05) is 19.1 Å². The molecule has 1 atom stereocenters. The largest absolute Gasteiger partial charge is 0.327 e. The molecule has 1 unspecified atom stereocenters. The molecular formula is C13H20N2O2S. The van der Waals surface area contributed by atoms with Crippen molar-refractivity contribution in [3.05, 3.63) is 29.3 Å². The maximum Gasteiger partial charge on any atom is 0.243 e. The van der Waals surface area contributed by atoms with Gasteiger partial charge in [-0.3, -0.25) is 0 Å². The number of nitrogens with zero attached hydrogens (tertiary/aromatic N) is 1. The van der Waals surface area contributed by atoms with Gasteiger partial charge in [0.15, 0.2) is 0 Å². The van der Waals surface area contributed by atoms with E-state index < -0.39 is 10.0 Å². The summed E-state index contributed by atoms with van der Waals surface area (Å²) < 4.78 is 26.4. The molecule has 18 heavy (non-hydrogen) atoms. The molecule has 1 aliphatic rings. The van der Waals surface area contributed by atoms with Gasteiger partial charge in [0.1, 0.15) is 0 Å². The molecule has 0 amide bonds. The zero-order chi connectivity index (χ0) is 13.3. The highest BCUT2D eigenvalue weighted by Gasteiger charge is 2.28. The highest BCUT2D eigenvalue weighted by molar-refractivity contribution is 7.89. The Morgan fingerprint density at radius 1 is 1.28 bits per heavy atom. The van der Waals surface area contributed by atoms with Crippen LogP contribution in [0.5, 0.6) is 0 Å². The summed E-state index contributed by atoms with van der Waals surface area (Å²) in [5, 5.41) is 0. The normalized spacial score (nSPS) is 22.1. The first-order chi connectivity index (χ1) is 8.41. The van der Waals surface area contributed by atoms with Gasteiger partial charge in [-0.05, 0) is 49.9 Å². The summed E-state index contributed by atoms with van der Waals surface area (Å²) in [6.45, 7) is 4.90. The fourth-order valence-corrected chi connectivity index (χ4v) is 3.84. The average Bonchev–Trinajstić information content (AvgIpc) is 2.32. The molecule has 2 rings (SSSR count). The number of benzene rings is 1. The monoisotopic (exact) mass is 268 g/mol. The number of rotatable bonds is 2. The number of piperidine rings is 1. The maximum absolute atomic E-state index is 12.5. The molecule has 0 aromatic heterocycles. The Balaban J connectivity index is 2.32. The Labute approximate surface area is 109 Å². The Morgan fingerprint density at radius 2 is 2.00 bits per heavy atom. The van der Waals surface area contributed by atoms with Crippen LogP contribution in [0.15, 0.2) is 23.1 Å². The van der Waals surface area contributed by atoms with Crippen molar-refractivity contribution in [2.24, 2.45) is 5.73 Å². The third kappa shape index (κ3) is 2.58. The zero-order valence-corrected chi connectivity index (χ0v) is 11.7. The van der Waals surface area contributed by atoms with Crippen molar-refractivity contribution in [3.63, 3.8) is 0 Å². The van der Waals surface area contributed by atoms with Crippen molar-refractivity contribution >= 4 is 10.0 Å². The molecule has 1 fully saturated rings. The van der Waals surface area contributed by atoms with Crippen LogP contribution in [0.4, 0.5) is 0 Å². The van der Waals surface area contributed by atoms with Gasteiger partial charge in [-0.2, -0.15) is 4.31 Å². The Bertz CT molecular complexity index is 540. The summed E-state index contributed by atoms with van der Waals surface area (Å²) in [4.78, 5) is 0.375. The van der Waals surface area contributed by atoms with Gasteiger partial charge in [0.25, 0.3) is 0 Å². The SMILES string of the molecule is Cc1ccc(S(=O)(=O)N2CCCC(N)C2)cc1C. The van der Waals surface area contributed by atoms with Gasteiger partial charge in [-0.25, -0.2) is 8.42 Å². The van der Waals surface area contributed by atoms with Gasteiger partial charge < -0.3 is 5.73 Å². The van der Waals surface area contributed by atoms with Crippen LogP contribution in [0, 0.1) is 13.8 Å². The third-order valence-electron chi connectivity index (χ3n) is 3.54. The first-order valence-corrected chi connectivity index (χ1v) is 7.68. The molecule has 0 bridgehead atoms. The highest BCUT2D eigenvalue weighted by atomic mass is 32.2. The van der Waals surface area contributed by atoms with Gasteiger partial charge >= 0.3 is 0 Å². The molecule has 100 valence electrons. The van der Waals surface area contributed by atoms with E-state index in [1.807, 2.05) is 19.9 Å². The second-order valence-corrected chi connectivity index (χ2v) is 6.95. The summed E-state index contributed by atoms with van der Waals surface area (Å²) in [6.07, 6.45) is 1.74. The molecule has 0 saturated carbocycles. The van der Waals surface area contributed by atoms with E-state index in [-0.39, 0.29) is 6.04 Å². The van der Waals surface area contributed by atoms with Gasteiger partial charge in [-0.1, -0.05) is 6.07 Å². The van der Waals surface area contributed by atoms with Crippen LogP contribution < -0.4 is 5.73 Å². The van der Waals surface area contributed by atoms with Gasteiger partial charge in [0.05, 0.1) is 4.90 Å². The number of sulfonamides is 1. The van der Waals surface area contributed by atoms with E-state index >= 15 is 0 Å². The molecule has 0 radical (unpaired) electrons. The Hall–Kier alpha value is -0.910. The molecule has 4 nitrogen and oxygen atoms in total. The first kappa shape index (κ1) is 13.5. The van der Waals surface area contributed by atoms with E-state index in [1.165, 1.54) is 4.31 Å². The van der Waals surface area contributed by atoms with Crippen LogP contribution in [0.1, 0.15) is 24.0 Å². The topological polar surface area (TPSA) is 63.4 Å². The number of aryl methyl sites for hydroxylation is 2. The molecule has 0 aliphatic carbocycles. The summed E-state index contributed by atoms with van der Waals surface area (Å²) in [7, 11) is -3.38. The standard InChI is InChI=1S/C13H20N2O2S/c1-10-5-6-13(8-11(10)2)18(16,17)15-7-3-4-12(14)9-15/h5-6,8,12H,3-4,7,9,14H2,1-2H3. The molecular weight excluding hydrogens is 248 g/mol. The molecule has 0 spiro atoms. The summed E-state index contributed by atoms with van der Waals surface area (Å²) in [5.41, 5.74) is 7.95. The lowest BCUT2D eigenvalue weighted by molar-refractivity contribution is 0.316. The lowest BCUT2D eigenvalue weighted by atomic mass is 10.1. The zero-order valence-electron chi connectivity index (χ0n) is 10.9. The minimum absolute atomic E-state index is 0.0416. The van der Waals surface area contributed by atoms with Gasteiger partial charge in [0.2, 0.25) is 10.0 Å². The maximum atomic E-state index is 12.5. The lowest BCUT2D eigenvalue weighted by Gasteiger charge is -2.30. The number of nitrogens with two attached hydrogens (primary N) is 1. The van der Waals surface area contributed by atoms with Crippen LogP contribution in [-0.4, -0.2) is 31.9 Å². The Kier molecular flexibility index (Phi) is 3.75. The summed E-state index contributed by atoms with van der Waals surface area (Å²) >= 11 is 0. The van der Waals surface area contributed by atoms with Crippen molar-refractivity contribution in [2.75, 3.05) is 13.1 Å². The molecule has 1 heterocycles. The van der Waals surface area contributed by atoms with E-state index in [0.29, 0.717) is 18.0 Å². The van der Waals surface area contributed by atoms with E-state index in [2.05, 4.69) is 0 Å². The smallest absolute Gasteiger partial charge is 0.243 e. The molecule has 1 aliphatic heterocycles. The van der Waals surface area contributed by atoms with Crippen LogP contribution in [-0.2, 0) is 10.0 Å². The van der Waals surface area contributed by atoms with Crippen molar-refractivity contribution < 1.29 is 8.42 Å². The minimum Gasteiger partial charge on any atom is -0.327 e. The summed E-state index contributed by atoms with van der Waals surface area (Å²) in [6, 6.07) is 5.23. The molecule has 1 aromatic rings. The number of hydrogen-bond donors (Lipinski definition) is 1. The third-order valence-corrected chi connectivity index (χ3v) is 5.40. The van der Waals surface area contributed by atoms with Crippen LogP contribution in [0.25, 0.3) is 0 Å². The van der Waals surface area contributed by atoms with Crippen LogP contribution in [0.2, 0.25) is 0 Å². The van der Waals surface area contributed by atoms with E-state index in [0.717, 1.165) is 24.0 Å². The van der Waals surface area contributed by atoms with Gasteiger partial charge in [-0.15, -0.1) is 0 Å². The first-order valence-electron chi connectivity index (χ1n) is 6.24. The molecule has 1 saturated heterocycles. The second-order valence-electron chi connectivity index (χ2n) is 5.01. The number of hydrogen-bond acceptors (Lipinski definition) is 3. The van der Waals surface area contributed by atoms with Crippen LogP contribution >= 0.6 is 0 Å². The molecule has 1 aromatic carbocycles. The Morgan fingerprint density at radius 3 is 2.61 bits per heavy atom. The van der Waals surface area contributed by atoms with Crippen molar-refractivity contribution in [2.45, 2.75) is 37.6 Å². The molecule has 2 N–H and O–H groups in total. The van der Waals surface area contributed by atoms with Crippen molar-refractivity contribution in [1.29, 1.82) is 0 Å². The van der Waals surface area contributed by atoms with Crippen LogP contribution in [0.3, 0.4) is 0 Å². The van der Waals surface area contributed by atoms with E-state index in [9.17, 15) is 8.42 Å². The summed E-state index contributed by atoms with van der Waals surface area (Å²) in [5.74, 6) is 0. The second kappa shape index (κ2) is 4.99. The van der Waals surface area contributed by atoms with Crippen molar-refractivity contribution in [3.8, 4) is 0 Å². The highest BCUT2D eigenvalue weighted by Crippen LogP contribution is 2.22. The minimum atomic E-state index is -3.38. The average molecular weight is 268 g/mol. The van der Waals surface area contributed by atoms with E-state index in [1.54, 1.807) is 12.1 Å². The fourth-order valence-electron chi connectivity index (χ4n) is 2.22. The fraction of sp³-hybridized carbons (Fsp3) is 0.538. The quantitative estimate of drug-likeness (QED) is 0.882. The predicted molar refractivity (Wildman–Crippen MR) is 71.9 cm³/mol. The lowest BCUT2D eigenvalue weighted by Crippen LogP contribution is -2.45. The van der Waals surface area contributed by atoms with E-state index in [4.69, 9.17) is 5.73 Å². The predicted octanol–water partition coefficient (Wildman–Crippen LogP) is 1.42.